The number of rotatable bonds is 8. The predicted octanol–water partition coefficient (Wildman–Crippen LogP) is 4.39. The number of halogens is 2. The van der Waals surface area contributed by atoms with E-state index in [1.807, 2.05) is 51.1 Å². The number of nitrogens with one attached hydrogen (secondary N) is 1. The van der Waals surface area contributed by atoms with E-state index in [0.29, 0.717) is 13.0 Å². The van der Waals surface area contributed by atoms with E-state index >= 15 is 0 Å². The normalized spacial score (nSPS) is 12.2. The summed E-state index contributed by atoms with van der Waals surface area (Å²) in [4.78, 5) is 12.4. The highest BCUT2D eigenvalue weighted by Gasteiger charge is 2.29. The quantitative estimate of drug-likeness (QED) is 0.640. The van der Waals surface area contributed by atoms with Crippen LogP contribution in [-0.4, -0.2) is 38.3 Å². The molecule has 1 amide bonds. The summed E-state index contributed by atoms with van der Waals surface area (Å²) in [7, 11) is -4.02. The SMILES string of the molecule is CC(C)(C)CNC(=O)CN(CCc1ccccc1)S(=O)(=O)c1cc(Cl)ccc1Cl. The van der Waals surface area contributed by atoms with Gasteiger partial charge in [-0.15, -0.1) is 0 Å². The summed E-state index contributed by atoms with van der Waals surface area (Å²) < 4.78 is 27.7. The summed E-state index contributed by atoms with van der Waals surface area (Å²) in [5.74, 6) is -0.366. The van der Waals surface area contributed by atoms with Gasteiger partial charge in [-0.1, -0.05) is 74.3 Å². The van der Waals surface area contributed by atoms with Crippen LogP contribution in [-0.2, 0) is 21.2 Å². The highest BCUT2D eigenvalue weighted by atomic mass is 35.5. The van der Waals surface area contributed by atoms with Crippen LogP contribution in [0.2, 0.25) is 10.0 Å². The third-order valence-corrected chi connectivity index (χ3v) is 6.70. The fourth-order valence-electron chi connectivity index (χ4n) is 2.58. The van der Waals surface area contributed by atoms with Crippen molar-refractivity contribution >= 4 is 39.1 Å². The molecule has 5 nitrogen and oxygen atoms in total. The molecule has 8 heteroatoms. The molecule has 0 bridgehead atoms. The van der Waals surface area contributed by atoms with Crippen molar-refractivity contribution in [1.29, 1.82) is 0 Å². The smallest absolute Gasteiger partial charge is 0.245 e. The van der Waals surface area contributed by atoms with Crippen molar-refractivity contribution < 1.29 is 13.2 Å². The molecule has 2 aromatic rings. The topological polar surface area (TPSA) is 66.5 Å². The van der Waals surface area contributed by atoms with Gasteiger partial charge < -0.3 is 5.32 Å². The van der Waals surface area contributed by atoms with E-state index in [0.717, 1.165) is 9.87 Å². The molecule has 0 spiro atoms. The average Bonchev–Trinajstić information content (AvgIpc) is 2.65. The maximum atomic E-state index is 13.3. The molecule has 0 atom stereocenters. The van der Waals surface area contributed by atoms with Crippen molar-refractivity contribution in [3.63, 3.8) is 0 Å². The number of benzene rings is 2. The Bertz CT molecular complexity index is 942. The molecule has 158 valence electrons. The van der Waals surface area contributed by atoms with Gasteiger partial charge in [0.1, 0.15) is 4.90 Å². The van der Waals surface area contributed by atoms with Crippen LogP contribution in [0.25, 0.3) is 0 Å². The minimum absolute atomic E-state index is 0.0641. The van der Waals surface area contributed by atoms with E-state index in [1.54, 1.807) is 0 Å². The first-order chi connectivity index (χ1) is 13.5. The zero-order valence-electron chi connectivity index (χ0n) is 16.8. The second kappa shape index (κ2) is 9.94. The average molecular weight is 457 g/mol. The number of hydrogen-bond donors (Lipinski definition) is 1. The Morgan fingerprint density at radius 1 is 1.07 bits per heavy atom. The summed E-state index contributed by atoms with van der Waals surface area (Å²) in [5.41, 5.74) is 0.861. The molecule has 29 heavy (non-hydrogen) atoms. The van der Waals surface area contributed by atoms with Gasteiger partial charge >= 0.3 is 0 Å². The van der Waals surface area contributed by atoms with Crippen molar-refractivity contribution in [3.8, 4) is 0 Å². The maximum Gasteiger partial charge on any atom is 0.245 e. The lowest BCUT2D eigenvalue weighted by Gasteiger charge is -2.24. The van der Waals surface area contributed by atoms with Crippen LogP contribution >= 0.6 is 23.2 Å². The van der Waals surface area contributed by atoms with E-state index in [9.17, 15) is 13.2 Å². The lowest BCUT2D eigenvalue weighted by molar-refractivity contribution is -0.121. The molecule has 0 fully saturated rings. The van der Waals surface area contributed by atoms with Crippen LogP contribution in [0.3, 0.4) is 0 Å². The lowest BCUT2D eigenvalue weighted by Crippen LogP contribution is -2.43. The first kappa shape index (κ1) is 23.7. The maximum absolute atomic E-state index is 13.3. The second-order valence-electron chi connectivity index (χ2n) is 7.99. The van der Waals surface area contributed by atoms with E-state index < -0.39 is 10.0 Å². The van der Waals surface area contributed by atoms with Crippen LogP contribution in [0.1, 0.15) is 26.3 Å². The molecule has 0 radical (unpaired) electrons. The standard InChI is InChI=1S/C21H26Cl2N2O3S/c1-21(2,3)15-24-20(26)14-25(12-11-16-7-5-4-6-8-16)29(27,28)19-13-17(22)9-10-18(19)23/h4-10,13H,11-12,14-15H2,1-3H3,(H,24,26). The molecular weight excluding hydrogens is 431 g/mol. The first-order valence-electron chi connectivity index (χ1n) is 9.25. The summed E-state index contributed by atoms with van der Waals surface area (Å²) in [5, 5.41) is 3.12. The van der Waals surface area contributed by atoms with Crippen LogP contribution < -0.4 is 5.32 Å². The summed E-state index contributed by atoms with van der Waals surface area (Å²) in [6.45, 7) is 6.25. The van der Waals surface area contributed by atoms with Gasteiger partial charge in [-0.25, -0.2) is 8.42 Å². The van der Waals surface area contributed by atoms with Gasteiger partial charge in [0, 0.05) is 18.1 Å². The van der Waals surface area contributed by atoms with Gasteiger partial charge in [0.2, 0.25) is 15.9 Å². The number of carbonyl (C=O) groups excluding carboxylic acids is 1. The Morgan fingerprint density at radius 3 is 2.34 bits per heavy atom. The highest BCUT2D eigenvalue weighted by Crippen LogP contribution is 2.28. The molecule has 0 saturated heterocycles. The lowest BCUT2D eigenvalue weighted by atomic mass is 9.97. The van der Waals surface area contributed by atoms with Gasteiger partial charge in [0.15, 0.2) is 0 Å². The highest BCUT2D eigenvalue weighted by molar-refractivity contribution is 7.89. The molecule has 0 saturated carbocycles. The Hall–Kier alpha value is -1.60. The summed E-state index contributed by atoms with van der Waals surface area (Å²) in [6, 6.07) is 13.8. The van der Waals surface area contributed by atoms with Crippen molar-refractivity contribution in [2.24, 2.45) is 5.41 Å². The molecule has 0 aliphatic carbocycles. The monoisotopic (exact) mass is 456 g/mol. The molecule has 1 N–H and O–H groups in total. The van der Waals surface area contributed by atoms with Crippen LogP contribution in [0, 0.1) is 5.41 Å². The minimum atomic E-state index is -4.02. The van der Waals surface area contributed by atoms with Crippen molar-refractivity contribution in [2.75, 3.05) is 19.6 Å². The zero-order chi connectivity index (χ0) is 21.7. The van der Waals surface area contributed by atoms with Crippen LogP contribution in [0.5, 0.6) is 0 Å². The number of amides is 1. The number of nitrogens with zero attached hydrogens (tertiary/aromatic N) is 1. The molecule has 0 aliphatic rings. The van der Waals surface area contributed by atoms with E-state index in [-0.39, 0.29) is 39.4 Å². The Balaban J connectivity index is 2.27. The Morgan fingerprint density at radius 2 is 1.72 bits per heavy atom. The van der Waals surface area contributed by atoms with Gasteiger partial charge in [0.25, 0.3) is 0 Å². The number of carbonyl (C=O) groups is 1. The van der Waals surface area contributed by atoms with E-state index in [2.05, 4.69) is 5.32 Å². The van der Waals surface area contributed by atoms with Crippen LogP contribution in [0.15, 0.2) is 53.4 Å². The summed E-state index contributed by atoms with van der Waals surface area (Å²) >= 11 is 12.1. The molecular formula is C21H26Cl2N2O3S. The molecule has 0 unspecified atom stereocenters. The minimum Gasteiger partial charge on any atom is -0.354 e. The van der Waals surface area contributed by atoms with Gasteiger partial charge in [0.05, 0.1) is 11.6 Å². The number of hydrogen-bond acceptors (Lipinski definition) is 3. The Kier molecular flexibility index (Phi) is 8.11. The molecule has 0 aliphatic heterocycles. The van der Waals surface area contributed by atoms with Gasteiger partial charge in [-0.2, -0.15) is 4.31 Å². The number of sulfonamides is 1. The van der Waals surface area contributed by atoms with Crippen molar-refractivity contribution in [3.05, 3.63) is 64.1 Å². The van der Waals surface area contributed by atoms with Crippen molar-refractivity contribution in [1.82, 2.24) is 9.62 Å². The van der Waals surface area contributed by atoms with Gasteiger partial charge in [-0.3, -0.25) is 4.79 Å². The molecule has 0 heterocycles. The fourth-order valence-corrected chi connectivity index (χ4v) is 4.71. The molecule has 0 aromatic heterocycles. The fraction of sp³-hybridized carbons (Fsp3) is 0.381. The zero-order valence-corrected chi connectivity index (χ0v) is 19.1. The third-order valence-electron chi connectivity index (χ3n) is 4.14. The third kappa shape index (κ3) is 7.30. The predicted molar refractivity (Wildman–Crippen MR) is 118 cm³/mol. The van der Waals surface area contributed by atoms with Crippen LogP contribution in [0.4, 0.5) is 0 Å². The first-order valence-corrected chi connectivity index (χ1v) is 11.4. The van der Waals surface area contributed by atoms with E-state index in [4.69, 9.17) is 23.2 Å². The summed E-state index contributed by atoms with van der Waals surface area (Å²) in [6.07, 6.45) is 0.463. The van der Waals surface area contributed by atoms with E-state index in [1.165, 1.54) is 18.2 Å². The largest absolute Gasteiger partial charge is 0.354 e. The Labute approximate surface area is 183 Å². The second-order valence-corrected chi connectivity index (χ2v) is 10.7. The molecule has 2 rings (SSSR count). The van der Waals surface area contributed by atoms with Crippen molar-refractivity contribution in [2.45, 2.75) is 32.1 Å². The molecule has 2 aromatic carbocycles. The van der Waals surface area contributed by atoms with Gasteiger partial charge in [-0.05, 0) is 35.6 Å².